The Labute approximate surface area is 321 Å². The highest BCUT2D eigenvalue weighted by molar-refractivity contribution is 6.04. The molecule has 3 unspecified atom stereocenters. The molecule has 12 rings (SSSR count). The molecule has 8 aromatic rings. The van der Waals surface area contributed by atoms with Crippen LogP contribution in [0.1, 0.15) is 50.4 Å². The van der Waals surface area contributed by atoms with Gasteiger partial charge >= 0.3 is 0 Å². The minimum Gasteiger partial charge on any atom is -0.457 e. The van der Waals surface area contributed by atoms with E-state index >= 15 is 0 Å². The second-order valence-corrected chi connectivity index (χ2v) is 15.5. The van der Waals surface area contributed by atoms with Crippen LogP contribution < -0.4 is 4.74 Å². The normalized spacial score (nSPS) is 20.2. The molecule has 1 nitrogen and oxygen atoms in total. The Bertz CT molecular complexity index is 2880. The fourth-order valence-corrected chi connectivity index (χ4v) is 11.0. The Balaban J connectivity index is 1.10. The third-order valence-corrected chi connectivity index (χ3v) is 13.1. The molecular formula is C54H36O. The van der Waals surface area contributed by atoms with Crippen LogP contribution in [0.15, 0.2) is 206 Å². The zero-order valence-corrected chi connectivity index (χ0v) is 30.2. The predicted octanol–water partition coefficient (Wildman–Crippen LogP) is 13.1. The first-order valence-corrected chi connectivity index (χ1v) is 19.4. The molecule has 0 amide bonds. The molecule has 0 N–H and O–H groups in total. The minimum atomic E-state index is -0.496. The summed E-state index contributed by atoms with van der Waals surface area (Å²) in [5, 5.41) is 2.55. The molecule has 3 aliphatic carbocycles. The van der Waals surface area contributed by atoms with Crippen molar-refractivity contribution < 1.29 is 4.74 Å². The van der Waals surface area contributed by atoms with Crippen molar-refractivity contribution >= 4 is 10.8 Å². The summed E-state index contributed by atoms with van der Waals surface area (Å²) in [6.07, 6.45) is 9.27. The Hall–Kier alpha value is -6.70. The van der Waals surface area contributed by atoms with Gasteiger partial charge in [0.05, 0.1) is 10.8 Å². The summed E-state index contributed by atoms with van der Waals surface area (Å²) in [7, 11) is 0. The third-order valence-electron chi connectivity index (χ3n) is 13.1. The molecule has 0 saturated heterocycles. The lowest BCUT2D eigenvalue weighted by Gasteiger charge is -2.43. The SMILES string of the molecule is C1=CC2c3ccccc3C3(c4ccccc4Oc4cc(-c5ccc6c(c5)C(c5ccccc5)(c5ccccc5)c5ccc7ccccc7c5-6)ccc43)C2C=C1. The standard InChI is InChI=1S/C54H36O/c1-3-16-38(17-4-1)53(39-18-5-2-6-19-39)48-32-28-35-15-7-8-20-40(35)52(48)43-30-27-36(33-49(43)53)37-29-31-47-51(34-37)55-50-26-14-13-25-46(50)54(47)44-23-11-9-21-41(44)42-22-10-12-24-45(42)54/h1-34,41,44H. The van der Waals surface area contributed by atoms with Crippen molar-refractivity contribution in [2.75, 3.05) is 0 Å². The van der Waals surface area contributed by atoms with E-state index in [4.69, 9.17) is 4.74 Å². The van der Waals surface area contributed by atoms with E-state index in [9.17, 15) is 0 Å². The summed E-state index contributed by atoms with van der Waals surface area (Å²) in [5.41, 5.74) is 14.5. The van der Waals surface area contributed by atoms with Crippen molar-refractivity contribution in [3.05, 3.63) is 251 Å². The lowest BCUT2D eigenvalue weighted by atomic mass is 9.62. The quantitative estimate of drug-likeness (QED) is 0.178. The number of para-hydroxylation sites is 1. The summed E-state index contributed by atoms with van der Waals surface area (Å²) < 4.78 is 6.95. The van der Waals surface area contributed by atoms with E-state index in [1.807, 2.05) is 0 Å². The first kappa shape index (κ1) is 30.7. The molecule has 0 bridgehead atoms. The van der Waals surface area contributed by atoms with E-state index in [0.717, 1.165) is 17.1 Å². The molecule has 1 heteroatoms. The van der Waals surface area contributed by atoms with Gasteiger partial charge in [-0.2, -0.15) is 0 Å². The van der Waals surface area contributed by atoms with E-state index in [2.05, 4.69) is 206 Å². The van der Waals surface area contributed by atoms with E-state index in [-0.39, 0.29) is 11.3 Å². The minimum absolute atomic E-state index is 0.246. The highest BCUT2D eigenvalue weighted by atomic mass is 16.5. The van der Waals surface area contributed by atoms with Gasteiger partial charge in [-0.3, -0.25) is 0 Å². The summed E-state index contributed by atoms with van der Waals surface area (Å²) in [4.78, 5) is 0. The van der Waals surface area contributed by atoms with Gasteiger partial charge in [0.15, 0.2) is 0 Å². The second-order valence-electron chi connectivity index (χ2n) is 15.5. The number of benzene rings is 8. The lowest BCUT2D eigenvalue weighted by Crippen LogP contribution is -2.37. The fourth-order valence-electron chi connectivity index (χ4n) is 11.0. The van der Waals surface area contributed by atoms with Crippen molar-refractivity contribution in [1.29, 1.82) is 0 Å². The van der Waals surface area contributed by atoms with Crippen LogP contribution in [0.2, 0.25) is 0 Å². The number of hydrogen-bond donors (Lipinski definition) is 0. The van der Waals surface area contributed by atoms with Gasteiger partial charge in [-0.15, -0.1) is 0 Å². The number of rotatable bonds is 3. The Morgan fingerprint density at radius 2 is 1.07 bits per heavy atom. The summed E-state index contributed by atoms with van der Waals surface area (Å²) in [6, 6.07) is 67.6. The maximum absolute atomic E-state index is 6.95. The zero-order chi connectivity index (χ0) is 36.1. The maximum Gasteiger partial charge on any atom is 0.132 e. The van der Waals surface area contributed by atoms with Crippen LogP contribution in [0.3, 0.4) is 0 Å². The average molecular weight is 701 g/mol. The van der Waals surface area contributed by atoms with Crippen LogP contribution in [0.4, 0.5) is 0 Å². The summed E-state index contributed by atoms with van der Waals surface area (Å²) >= 11 is 0. The molecule has 0 radical (unpaired) electrons. The first-order valence-electron chi connectivity index (χ1n) is 19.4. The van der Waals surface area contributed by atoms with Gasteiger partial charge in [0.1, 0.15) is 11.5 Å². The van der Waals surface area contributed by atoms with Gasteiger partial charge in [0.2, 0.25) is 0 Å². The van der Waals surface area contributed by atoms with Gasteiger partial charge in [-0.25, -0.2) is 0 Å². The second kappa shape index (κ2) is 11.4. The van der Waals surface area contributed by atoms with E-state index in [0.29, 0.717) is 5.92 Å². The smallest absolute Gasteiger partial charge is 0.132 e. The Morgan fingerprint density at radius 1 is 0.436 bits per heavy atom. The number of allylic oxidation sites excluding steroid dienone is 4. The van der Waals surface area contributed by atoms with Crippen molar-refractivity contribution in [3.8, 4) is 33.8 Å². The molecule has 8 aromatic carbocycles. The largest absolute Gasteiger partial charge is 0.457 e. The van der Waals surface area contributed by atoms with Gasteiger partial charge in [0.25, 0.3) is 0 Å². The van der Waals surface area contributed by atoms with Crippen LogP contribution in [0.25, 0.3) is 33.0 Å². The molecular weight excluding hydrogens is 665 g/mol. The van der Waals surface area contributed by atoms with Crippen LogP contribution in [-0.2, 0) is 10.8 Å². The fraction of sp³-hybridized carbons (Fsp3) is 0.0741. The first-order chi connectivity index (χ1) is 27.3. The third kappa shape index (κ3) is 3.97. The highest BCUT2D eigenvalue weighted by Crippen LogP contribution is 2.65. The average Bonchev–Trinajstić information content (AvgIpc) is 3.73. The maximum atomic E-state index is 6.95. The Morgan fingerprint density at radius 3 is 1.91 bits per heavy atom. The van der Waals surface area contributed by atoms with Gasteiger partial charge in [0, 0.05) is 23.0 Å². The zero-order valence-electron chi connectivity index (χ0n) is 30.2. The monoisotopic (exact) mass is 700 g/mol. The molecule has 1 aliphatic heterocycles. The van der Waals surface area contributed by atoms with Crippen LogP contribution in [0.5, 0.6) is 11.5 Å². The molecule has 1 spiro atoms. The molecule has 3 atom stereocenters. The molecule has 258 valence electrons. The van der Waals surface area contributed by atoms with E-state index < -0.39 is 5.41 Å². The topological polar surface area (TPSA) is 9.23 Å². The van der Waals surface area contributed by atoms with Crippen molar-refractivity contribution in [3.63, 3.8) is 0 Å². The molecule has 0 fully saturated rings. The Kier molecular flexibility index (Phi) is 6.37. The molecule has 1 heterocycles. The highest BCUT2D eigenvalue weighted by Gasteiger charge is 2.56. The van der Waals surface area contributed by atoms with Crippen molar-refractivity contribution in [1.82, 2.24) is 0 Å². The van der Waals surface area contributed by atoms with Gasteiger partial charge in [-0.05, 0) is 84.6 Å². The summed E-state index contributed by atoms with van der Waals surface area (Å²) in [5.74, 6) is 2.42. The molecule has 0 aromatic heterocycles. The van der Waals surface area contributed by atoms with E-state index in [1.165, 1.54) is 72.0 Å². The van der Waals surface area contributed by atoms with E-state index in [1.54, 1.807) is 0 Å². The van der Waals surface area contributed by atoms with Crippen molar-refractivity contribution in [2.24, 2.45) is 5.92 Å². The van der Waals surface area contributed by atoms with Gasteiger partial charge in [-0.1, -0.05) is 188 Å². The van der Waals surface area contributed by atoms with Gasteiger partial charge < -0.3 is 4.74 Å². The number of hydrogen-bond acceptors (Lipinski definition) is 1. The number of ether oxygens (including phenoxy) is 1. The molecule has 4 aliphatic rings. The van der Waals surface area contributed by atoms with Crippen LogP contribution >= 0.6 is 0 Å². The van der Waals surface area contributed by atoms with Crippen molar-refractivity contribution in [2.45, 2.75) is 16.7 Å². The number of fused-ring (bicyclic) bond motifs is 14. The van der Waals surface area contributed by atoms with Crippen LogP contribution in [0, 0.1) is 5.92 Å². The predicted molar refractivity (Wildman–Crippen MR) is 224 cm³/mol. The molecule has 0 saturated carbocycles. The van der Waals surface area contributed by atoms with Crippen LogP contribution in [-0.4, -0.2) is 0 Å². The molecule has 55 heavy (non-hydrogen) atoms. The summed E-state index contributed by atoms with van der Waals surface area (Å²) in [6.45, 7) is 0. The lowest BCUT2D eigenvalue weighted by molar-refractivity contribution is 0.374.